The Balaban J connectivity index is 2.07. The largest absolute Gasteiger partial charge is 0.399 e. The van der Waals surface area contributed by atoms with Gasteiger partial charge >= 0.3 is 0 Å². The van der Waals surface area contributed by atoms with E-state index >= 15 is 0 Å². The van der Waals surface area contributed by atoms with Crippen molar-refractivity contribution in [1.29, 1.82) is 0 Å². The third kappa shape index (κ3) is 3.68. The molecule has 21 heavy (non-hydrogen) atoms. The Morgan fingerprint density at radius 1 is 1.29 bits per heavy atom. The normalized spacial score (nSPS) is 10.4. The summed E-state index contributed by atoms with van der Waals surface area (Å²) in [7, 11) is 0. The lowest BCUT2D eigenvalue weighted by atomic mass is 10.1. The summed E-state index contributed by atoms with van der Waals surface area (Å²) in [6.07, 6.45) is 0.688. The topological polar surface area (TPSA) is 81.2 Å². The van der Waals surface area contributed by atoms with Crippen LogP contribution in [0.25, 0.3) is 0 Å². The van der Waals surface area contributed by atoms with Crippen LogP contribution in [-0.2, 0) is 6.42 Å². The van der Waals surface area contributed by atoms with Crippen molar-refractivity contribution in [3.63, 3.8) is 0 Å². The monoisotopic (exact) mass is 289 g/mol. The van der Waals surface area contributed by atoms with Gasteiger partial charge in [0.1, 0.15) is 11.5 Å². The van der Waals surface area contributed by atoms with Crippen LogP contribution in [0.15, 0.2) is 36.4 Å². The van der Waals surface area contributed by atoms with Crippen LogP contribution >= 0.6 is 0 Å². The minimum Gasteiger partial charge on any atom is -0.399 e. The summed E-state index contributed by atoms with van der Waals surface area (Å²) in [5.41, 5.74) is 7.81. The van der Waals surface area contributed by atoms with Gasteiger partial charge in [-0.15, -0.1) is 0 Å². The van der Waals surface area contributed by atoms with Gasteiger partial charge in [0.25, 0.3) is 5.69 Å². The van der Waals surface area contributed by atoms with Crippen molar-refractivity contribution in [3.8, 4) is 0 Å². The average molecular weight is 289 g/mol. The maximum absolute atomic E-state index is 13.4. The number of hydrogen-bond acceptors (Lipinski definition) is 4. The molecule has 3 N–H and O–H groups in total. The first-order valence-electron chi connectivity index (χ1n) is 6.50. The van der Waals surface area contributed by atoms with Crippen LogP contribution in [0.4, 0.5) is 21.5 Å². The predicted molar refractivity (Wildman–Crippen MR) is 80.8 cm³/mol. The van der Waals surface area contributed by atoms with Gasteiger partial charge in [0.2, 0.25) is 0 Å². The Morgan fingerprint density at radius 2 is 1.95 bits per heavy atom. The van der Waals surface area contributed by atoms with Crippen LogP contribution < -0.4 is 11.1 Å². The number of nitrogens with one attached hydrogen (secondary N) is 1. The van der Waals surface area contributed by atoms with Gasteiger partial charge in [0.15, 0.2) is 0 Å². The van der Waals surface area contributed by atoms with Gasteiger partial charge in [0.05, 0.1) is 11.0 Å². The van der Waals surface area contributed by atoms with E-state index in [4.69, 9.17) is 5.73 Å². The number of nitrogens with two attached hydrogens (primary N) is 1. The molecular weight excluding hydrogens is 273 g/mol. The molecule has 0 aliphatic rings. The minimum absolute atomic E-state index is 0.254. The second-order valence-electron chi connectivity index (χ2n) is 4.79. The number of nitrogens with zero attached hydrogens (tertiary/aromatic N) is 1. The summed E-state index contributed by atoms with van der Waals surface area (Å²) in [6, 6.07) is 9.82. The number of rotatable bonds is 5. The average Bonchev–Trinajstić information content (AvgIpc) is 2.44. The van der Waals surface area contributed by atoms with E-state index in [-0.39, 0.29) is 5.69 Å². The third-order valence-electron chi connectivity index (χ3n) is 3.18. The van der Waals surface area contributed by atoms with E-state index in [9.17, 15) is 14.5 Å². The van der Waals surface area contributed by atoms with Gasteiger partial charge in [-0.25, -0.2) is 4.39 Å². The summed E-state index contributed by atoms with van der Waals surface area (Å²) in [5, 5.41) is 13.9. The molecule has 0 aromatic heterocycles. The fraction of sp³-hybridized carbons (Fsp3) is 0.200. The molecule has 0 radical (unpaired) electrons. The van der Waals surface area contributed by atoms with Gasteiger partial charge < -0.3 is 11.1 Å². The minimum atomic E-state index is -0.589. The van der Waals surface area contributed by atoms with Crippen molar-refractivity contribution in [2.45, 2.75) is 13.3 Å². The Morgan fingerprint density at radius 3 is 2.57 bits per heavy atom. The van der Waals surface area contributed by atoms with Crippen molar-refractivity contribution >= 4 is 17.1 Å². The molecule has 0 saturated heterocycles. The van der Waals surface area contributed by atoms with Crippen LogP contribution in [0.1, 0.15) is 11.1 Å². The van der Waals surface area contributed by atoms with E-state index in [0.717, 1.165) is 11.6 Å². The lowest BCUT2D eigenvalue weighted by Gasteiger charge is -2.09. The van der Waals surface area contributed by atoms with Gasteiger partial charge in [-0.05, 0) is 42.7 Å². The zero-order chi connectivity index (χ0) is 15.4. The Hall–Kier alpha value is -2.63. The summed E-state index contributed by atoms with van der Waals surface area (Å²) >= 11 is 0. The highest BCUT2D eigenvalue weighted by Gasteiger charge is 2.16. The fourth-order valence-corrected chi connectivity index (χ4v) is 1.99. The zero-order valence-electron chi connectivity index (χ0n) is 11.6. The standard InChI is InChI=1S/C15H16FN3O2/c1-10-8-14(15(19(20)21)9-13(10)16)18-7-6-11-2-4-12(17)5-3-11/h2-5,8-9,18H,6-7,17H2,1H3. The molecule has 110 valence electrons. The van der Waals surface area contributed by atoms with Gasteiger partial charge in [0, 0.05) is 12.2 Å². The maximum atomic E-state index is 13.4. The van der Waals surface area contributed by atoms with Crippen LogP contribution in [0, 0.1) is 22.9 Å². The lowest BCUT2D eigenvalue weighted by molar-refractivity contribution is -0.384. The summed E-state index contributed by atoms with van der Waals surface area (Å²) in [4.78, 5) is 10.4. The predicted octanol–water partition coefficient (Wildman–Crippen LogP) is 3.28. The zero-order valence-corrected chi connectivity index (χ0v) is 11.6. The number of nitro groups is 1. The number of nitrogen functional groups attached to an aromatic ring is 1. The number of hydrogen-bond donors (Lipinski definition) is 2. The van der Waals surface area contributed by atoms with Crippen molar-refractivity contribution in [3.05, 3.63) is 63.5 Å². The second kappa shape index (κ2) is 6.21. The SMILES string of the molecule is Cc1cc(NCCc2ccc(N)cc2)c([N+](=O)[O-])cc1F. The molecule has 0 saturated carbocycles. The van der Waals surface area contributed by atoms with Gasteiger partial charge in [-0.3, -0.25) is 10.1 Å². The summed E-state index contributed by atoms with van der Waals surface area (Å²) in [6.45, 7) is 2.08. The molecule has 6 heteroatoms. The molecule has 5 nitrogen and oxygen atoms in total. The molecule has 0 amide bonds. The van der Waals surface area contributed by atoms with Crippen molar-refractivity contribution in [2.24, 2.45) is 0 Å². The molecule has 0 aliphatic heterocycles. The molecule has 0 bridgehead atoms. The highest BCUT2D eigenvalue weighted by atomic mass is 19.1. The van der Waals surface area contributed by atoms with E-state index in [1.165, 1.54) is 6.07 Å². The van der Waals surface area contributed by atoms with Crippen LogP contribution in [0.2, 0.25) is 0 Å². The molecule has 0 spiro atoms. The summed E-state index contributed by atoms with van der Waals surface area (Å²) in [5.74, 6) is -0.578. The van der Waals surface area contributed by atoms with Crippen molar-refractivity contribution in [1.82, 2.24) is 0 Å². The molecule has 0 heterocycles. The Kier molecular flexibility index (Phi) is 4.37. The molecule has 0 unspecified atom stereocenters. The number of halogens is 1. The van der Waals surface area contributed by atoms with Crippen LogP contribution in [0.3, 0.4) is 0 Å². The van der Waals surface area contributed by atoms with Gasteiger partial charge in [-0.2, -0.15) is 0 Å². The molecule has 2 aromatic carbocycles. The maximum Gasteiger partial charge on any atom is 0.295 e. The molecule has 0 fully saturated rings. The highest BCUT2D eigenvalue weighted by Crippen LogP contribution is 2.27. The van der Waals surface area contributed by atoms with E-state index in [1.54, 1.807) is 19.1 Å². The van der Waals surface area contributed by atoms with Crippen molar-refractivity contribution in [2.75, 3.05) is 17.6 Å². The van der Waals surface area contributed by atoms with E-state index in [0.29, 0.717) is 29.9 Å². The Bertz CT molecular complexity index is 657. The molecular formula is C15H16FN3O2. The van der Waals surface area contributed by atoms with E-state index in [2.05, 4.69) is 5.32 Å². The smallest absolute Gasteiger partial charge is 0.295 e. The summed E-state index contributed by atoms with van der Waals surface area (Å²) < 4.78 is 13.4. The molecule has 0 aliphatic carbocycles. The lowest BCUT2D eigenvalue weighted by Crippen LogP contribution is -2.07. The third-order valence-corrected chi connectivity index (χ3v) is 3.18. The number of nitro benzene ring substituents is 1. The van der Waals surface area contributed by atoms with Crippen LogP contribution in [0.5, 0.6) is 0 Å². The van der Waals surface area contributed by atoms with Gasteiger partial charge in [-0.1, -0.05) is 12.1 Å². The fourth-order valence-electron chi connectivity index (χ4n) is 1.99. The molecule has 2 rings (SSSR count). The number of aryl methyl sites for hydroxylation is 1. The first-order valence-corrected chi connectivity index (χ1v) is 6.50. The molecule has 2 aromatic rings. The first-order chi connectivity index (χ1) is 9.97. The number of benzene rings is 2. The van der Waals surface area contributed by atoms with E-state index < -0.39 is 10.7 Å². The van der Waals surface area contributed by atoms with Crippen molar-refractivity contribution < 1.29 is 9.31 Å². The second-order valence-corrected chi connectivity index (χ2v) is 4.79. The number of anilines is 2. The molecule has 0 atom stereocenters. The Labute approximate surface area is 121 Å². The van der Waals surface area contributed by atoms with E-state index in [1.807, 2.05) is 12.1 Å². The van der Waals surface area contributed by atoms with Crippen LogP contribution in [-0.4, -0.2) is 11.5 Å². The highest BCUT2D eigenvalue weighted by molar-refractivity contribution is 5.63. The first kappa shape index (κ1) is 14.8. The quantitative estimate of drug-likeness (QED) is 0.503.